The summed E-state index contributed by atoms with van der Waals surface area (Å²) in [4.78, 5) is 0. The fraction of sp³-hybridized carbons (Fsp3) is 0.357. The topological polar surface area (TPSA) is 38.1 Å². The van der Waals surface area contributed by atoms with Gasteiger partial charge in [-0.15, -0.1) is 0 Å². The second-order valence-corrected chi connectivity index (χ2v) is 5.23. The summed E-state index contributed by atoms with van der Waals surface area (Å²) in [5.74, 6) is 0.884. The van der Waals surface area contributed by atoms with Crippen molar-refractivity contribution in [3.63, 3.8) is 0 Å². The van der Waals surface area contributed by atoms with Gasteiger partial charge in [-0.05, 0) is 44.0 Å². The SMILES string of the molecule is CCc1cc(Br)ccc1NCc1c(C)noc1C. The fourth-order valence-corrected chi connectivity index (χ4v) is 2.37. The molecule has 0 aliphatic rings. The van der Waals surface area contributed by atoms with E-state index < -0.39 is 0 Å². The van der Waals surface area contributed by atoms with Crippen LogP contribution in [0.15, 0.2) is 27.2 Å². The molecule has 2 rings (SSSR count). The third-order valence-electron chi connectivity index (χ3n) is 3.09. The molecular formula is C14H17BrN2O. The van der Waals surface area contributed by atoms with Crippen LogP contribution in [0.3, 0.4) is 0 Å². The first-order valence-electron chi connectivity index (χ1n) is 6.06. The van der Waals surface area contributed by atoms with Gasteiger partial charge in [-0.3, -0.25) is 0 Å². The zero-order chi connectivity index (χ0) is 13.1. The number of rotatable bonds is 4. The Morgan fingerprint density at radius 3 is 2.72 bits per heavy atom. The Bertz CT molecular complexity index is 529. The minimum atomic E-state index is 0.746. The molecule has 1 aromatic heterocycles. The van der Waals surface area contributed by atoms with Crippen LogP contribution in [-0.2, 0) is 13.0 Å². The summed E-state index contributed by atoms with van der Waals surface area (Å²) in [6.45, 7) is 6.81. The van der Waals surface area contributed by atoms with E-state index in [4.69, 9.17) is 4.52 Å². The minimum Gasteiger partial charge on any atom is -0.381 e. The van der Waals surface area contributed by atoms with Crippen LogP contribution in [0.5, 0.6) is 0 Å². The minimum absolute atomic E-state index is 0.746. The van der Waals surface area contributed by atoms with Gasteiger partial charge in [-0.25, -0.2) is 0 Å². The van der Waals surface area contributed by atoms with Gasteiger partial charge in [0.2, 0.25) is 0 Å². The summed E-state index contributed by atoms with van der Waals surface area (Å²) in [7, 11) is 0. The van der Waals surface area contributed by atoms with Gasteiger partial charge in [0.05, 0.1) is 5.69 Å². The van der Waals surface area contributed by atoms with E-state index in [2.05, 4.69) is 51.5 Å². The van der Waals surface area contributed by atoms with Gasteiger partial charge in [-0.1, -0.05) is 28.0 Å². The maximum atomic E-state index is 5.16. The summed E-state index contributed by atoms with van der Waals surface area (Å²) < 4.78 is 6.28. The molecule has 1 aromatic carbocycles. The van der Waals surface area contributed by atoms with E-state index in [1.807, 2.05) is 13.8 Å². The number of hydrogen-bond acceptors (Lipinski definition) is 3. The van der Waals surface area contributed by atoms with Crippen LogP contribution in [0, 0.1) is 13.8 Å². The first-order valence-corrected chi connectivity index (χ1v) is 6.85. The summed E-state index contributed by atoms with van der Waals surface area (Å²) in [5, 5.41) is 7.42. The number of benzene rings is 1. The Hall–Kier alpha value is -1.29. The zero-order valence-electron chi connectivity index (χ0n) is 10.9. The summed E-state index contributed by atoms with van der Waals surface area (Å²) in [6.07, 6.45) is 1.00. The standard InChI is InChI=1S/C14H17BrN2O/c1-4-11-7-12(15)5-6-14(11)16-8-13-9(2)17-18-10(13)3/h5-7,16H,4,8H2,1-3H3. The molecule has 2 aromatic rings. The Balaban J connectivity index is 2.15. The molecule has 0 saturated heterocycles. The number of nitrogens with zero attached hydrogens (tertiary/aromatic N) is 1. The Labute approximate surface area is 116 Å². The van der Waals surface area contributed by atoms with Crippen LogP contribution in [0.4, 0.5) is 5.69 Å². The molecular weight excluding hydrogens is 292 g/mol. The number of nitrogens with one attached hydrogen (secondary N) is 1. The van der Waals surface area contributed by atoms with Crippen molar-refractivity contribution >= 4 is 21.6 Å². The lowest BCUT2D eigenvalue weighted by molar-refractivity contribution is 0.392. The number of hydrogen-bond donors (Lipinski definition) is 1. The molecule has 0 bridgehead atoms. The molecule has 0 atom stereocenters. The molecule has 0 saturated carbocycles. The van der Waals surface area contributed by atoms with Crippen molar-refractivity contribution in [3.8, 4) is 0 Å². The average molecular weight is 309 g/mol. The first-order chi connectivity index (χ1) is 8.61. The molecule has 18 heavy (non-hydrogen) atoms. The molecule has 0 aliphatic heterocycles. The lowest BCUT2D eigenvalue weighted by Crippen LogP contribution is -2.03. The maximum absolute atomic E-state index is 5.16. The van der Waals surface area contributed by atoms with Crippen molar-refractivity contribution in [1.82, 2.24) is 5.16 Å². The fourth-order valence-electron chi connectivity index (χ4n) is 1.97. The van der Waals surface area contributed by atoms with Gasteiger partial charge >= 0.3 is 0 Å². The van der Waals surface area contributed by atoms with Crippen molar-refractivity contribution < 1.29 is 4.52 Å². The van der Waals surface area contributed by atoms with Gasteiger partial charge < -0.3 is 9.84 Å². The van der Waals surface area contributed by atoms with Crippen LogP contribution < -0.4 is 5.32 Å². The molecule has 0 fully saturated rings. The van der Waals surface area contributed by atoms with E-state index in [0.29, 0.717) is 0 Å². The van der Waals surface area contributed by atoms with Gasteiger partial charge in [0.25, 0.3) is 0 Å². The second-order valence-electron chi connectivity index (χ2n) is 4.31. The van der Waals surface area contributed by atoms with E-state index in [1.54, 1.807) is 0 Å². The highest BCUT2D eigenvalue weighted by Gasteiger charge is 2.09. The molecule has 96 valence electrons. The van der Waals surface area contributed by atoms with Crippen LogP contribution >= 0.6 is 15.9 Å². The zero-order valence-corrected chi connectivity index (χ0v) is 12.5. The Kier molecular flexibility index (Phi) is 4.07. The van der Waals surface area contributed by atoms with Crippen molar-refractivity contribution in [3.05, 3.63) is 45.3 Å². The highest BCUT2D eigenvalue weighted by Crippen LogP contribution is 2.23. The molecule has 0 radical (unpaired) electrons. The van der Waals surface area contributed by atoms with E-state index in [-0.39, 0.29) is 0 Å². The molecule has 1 N–H and O–H groups in total. The van der Waals surface area contributed by atoms with Crippen LogP contribution in [0.1, 0.15) is 29.5 Å². The molecule has 1 heterocycles. The Morgan fingerprint density at radius 1 is 1.33 bits per heavy atom. The average Bonchev–Trinajstić information content (AvgIpc) is 2.68. The molecule has 0 aliphatic carbocycles. The highest BCUT2D eigenvalue weighted by molar-refractivity contribution is 9.10. The lowest BCUT2D eigenvalue weighted by atomic mass is 10.1. The van der Waals surface area contributed by atoms with Gasteiger partial charge in [0.15, 0.2) is 0 Å². The van der Waals surface area contributed by atoms with E-state index >= 15 is 0 Å². The van der Waals surface area contributed by atoms with Crippen molar-refractivity contribution in [2.24, 2.45) is 0 Å². The largest absolute Gasteiger partial charge is 0.381 e. The van der Waals surface area contributed by atoms with Crippen molar-refractivity contribution in [1.29, 1.82) is 0 Å². The third kappa shape index (κ3) is 2.75. The highest BCUT2D eigenvalue weighted by atomic mass is 79.9. The van der Waals surface area contributed by atoms with Crippen molar-refractivity contribution in [2.75, 3.05) is 5.32 Å². The first kappa shape index (κ1) is 13.1. The maximum Gasteiger partial charge on any atom is 0.138 e. The molecule has 0 unspecified atom stereocenters. The monoisotopic (exact) mass is 308 g/mol. The quantitative estimate of drug-likeness (QED) is 0.918. The predicted molar refractivity (Wildman–Crippen MR) is 76.8 cm³/mol. The smallest absolute Gasteiger partial charge is 0.138 e. The van der Waals surface area contributed by atoms with E-state index in [1.165, 1.54) is 11.3 Å². The van der Waals surface area contributed by atoms with Crippen molar-refractivity contribution in [2.45, 2.75) is 33.7 Å². The molecule has 4 heteroatoms. The molecule has 0 spiro atoms. The van der Waals surface area contributed by atoms with E-state index in [9.17, 15) is 0 Å². The lowest BCUT2D eigenvalue weighted by Gasteiger charge is -2.11. The molecule has 0 amide bonds. The number of anilines is 1. The van der Waals surface area contributed by atoms with E-state index in [0.717, 1.165) is 34.5 Å². The second kappa shape index (κ2) is 5.57. The number of aromatic nitrogens is 1. The molecule has 3 nitrogen and oxygen atoms in total. The summed E-state index contributed by atoms with van der Waals surface area (Å²) in [6, 6.07) is 6.30. The predicted octanol–water partition coefficient (Wildman–Crippen LogP) is 4.23. The normalized spacial score (nSPS) is 10.7. The van der Waals surface area contributed by atoms with Crippen LogP contribution in [0.2, 0.25) is 0 Å². The number of aryl methyl sites for hydroxylation is 3. The third-order valence-corrected chi connectivity index (χ3v) is 3.58. The summed E-state index contributed by atoms with van der Waals surface area (Å²) >= 11 is 3.50. The van der Waals surface area contributed by atoms with Gasteiger partial charge in [0.1, 0.15) is 5.76 Å². The number of halogens is 1. The van der Waals surface area contributed by atoms with Gasteiger partial charge in [0, 0.05) is 22.3 Å². The van der Waals surface area contributed by atoms with Crippen LogP contribution in [0.25, 0.3) is 0 Å². The summed E-state index contributed by atoms with van der Waals surface area (Å²) in [5.41, 5.74) is 4.56. The Morgan fingerprint density at radius 2 is 2.11 bits per heavy atom. The van der Waals surface area contributed by atoms with Crippen LogP contribution in [-0.4, -0.2) is 5.16 Å². The van der Waals surface area contributed by atoms with Gasteiger partial charge in [-0.2, -0.15) is 0 Å².